The van der Waals surface area contributed by atoms with Gasteiger partial charge in [-0.15, -0.1) is 0 Å². The molecular formula is C19H19NO3. The molecule has 0 saturated heterocycles. The second-order valence-corrected chi connectivity index (χ2v) is 5.55. The predicted molar refractivity (Wildman–Crippen MR) is 89.6 cm³/mol. The minimum Gasteiger partial charge on any atom is -0.497 e. The molecule has 1 aromatic heterocycles. The Kier molecular flexibility index (Phi) is 3.98. The fourth-order valence-corrected chi connectivity index (χ4v) is 2.58. The zero-order valence-corrected chi connectivity index (χ0v) is 13.2. The second kappa shape index (κ2) is 6.08. The molecule has 0 fully saturated rings. The minimum absolute atomic E-state index is 0.0230. The molecule has 0 aliphatic heterocycles. The summed E-state index contributed by atoms with van der Waals surface area (Å²) in [6.45, 7) is 1.99. The molecule has 0 radical (unpaired) electrons. The van der Waals surface area contributed by atoms with Gasteiger partial charge in [0.1, 0.15) is 5.75 Å². The van der Waals surface area contributed by atoms with Crippen LogP contribution in [-0.2, 0) is 6.42 Å². The van der Waals surface area contributed by atoms with Gasteiger partial charge < -0.3 is 14.9 Å². The molecule has 2 N–H and O–H groups in total. The van der Waals surface area contributed by atoms with Crippen LogP contribution >= 0.6 is 0 Å². The van der Waals surface area contributed by atoms with E-state index < -0.39 is 0 Å². The molecule has 4 heteroatoms. The van der Waals surface area contributed by atoms with Gasteiger partial charge in [0.2, 0.25) is 5.88 Å². The van der Waals surface area contributed by atoms with Crippen molar-refractivity contribution in [2.24, 2.45) is 0 Å². The van der Waals surface area contributed by atoms with Crippen molar-refractivity contribution in [3.63, 3.8) is 0 Å². The number of hydrogen-bond acceptors (Lipinski definition) is 3. The lowest BCUT2D eigenvalue weighted by atomic mass is 10.1. The van der Waals surface area contributed by atoms with Gasteiger partial charge in [-0.1, -0.05) is 29.8 Å². The van der Waals surface area contributed by atoms with Crippen molar-refractivity contribution >= 4 is 0 Å². The number of nitrogens with zero attached hydrogens (tertiary/aromatic N) is 1. The zero-order valence-electron chi connectivity index (χ0n) is 13.2. The molecule has 3 aromatic rings. The summed E-state index contributed by atoms with van der Waals surface area (Å²) in [6, 6.07) is 16.9. The van der Waals surface area contributed by atoms with Gasteiger partial charge >= 0.3 is 0 Å². The lowest BCUT2D eigenvalue weighted by molar-refractivity contribution is 0.401. The van der Waals surface area contributed by atoms with Crippen molar-refractivity contribution < 1.29 is 14.9 Å². The molecule has 0 amide bonds. The van der Waals surface area contributed by atoms with Gasteiger partial charge in [-0.25, -0.2) is 0 Å². The van der Waals surface area contributed by atoms with Crippen LogP contribution in [0.15, 0.2) is 54.6 Å². The first-order valence-electron chi connectivity index (χ1n) is 7.41. The zero-order chi connectivity index (χ0) is 16.4. The Balaban J connectivity index is 1.92. The molecule has 0 unspecified atom stereocenters. The van der Waals surface area contributed by atoms with E-state index in [4.69, 9.17) is 4.74 Å². The normalized spacial score (nSPS) is 10.7. The van der Waals surface area contributed by atoms with E-state index in [1.54, 1.807) is 13.2 Å². The molecule has 0 aliphatic carbocycles. The quantitative estimate of drug-likeness (QED) is 0.771. The number of aryl methyl sites for hydroxylation is 1. The molecule has 3 rings (SSSR count). The number of benzene rings is 2. The summed E-state index contributed by atoms with van der Waals surface area (Å²) in [5.74, 6) is 0.870. The maximum absolute atomic E-state index is 10.5. The van der Waals surface area contributed by atoms with Crippen LogP contribution in [0.4, 0.5) is 0 Å². The molecule has 0 atom stereocenters. The molecule has 0 bridgehead atoms. The summed E-state index contributed by atoms with van der Waals surface area (Å²) in [5.41, 5.74) is 3.56. The fourth-order valence-electron chi connectivity index (χ4n) is 2.58. The van der Waals surface area contributed by atoms with E-state index in [2.05, 4.69) is 0 Å². The van der Waals surface area contributed by atoms with Gasteiger partial charge in [-0.2, -0.15) is 0 Å². The van der Waals surface area contributed by atoms with E-state index in [1.807, 2.05) is 55.5 Å². The first-order valence-corrected chi connectivity index (χ1v) is 7.41. The highest BCUT2D eigenvalue weighted by atomic mass is 16.5. The molecular weight excluding hydrogens is 290 g/mol. The van der Waals surface area contributed by atoms with Crippen molar-refractivity contribution in [1.82, 2.24) is 4.57 Å². The Morgan fingerprint density at radius 2 is 1.61 bits per heavy atom. The average Bonchev–Trinajstić information content (AvgIpc) is 2.83. The first-order chi connectivity index (χ1) is 11.1. The number of aromatic nitrogens is 1. The Morgan fingerprint density at radius 3 is 2.22 bits per heavy atom. The monoisotopic (exact) mass is 309 g/mol. The van der Waals surface area contributed by atoms with Crippen LogP contribution in [0.1, 0.15) is 16.7 Å². The number of rotatable bonds is 4. The molecule has 0 aliphatic rings. The highest BCUT2D eigenvalue weighted by Gasteiger charge is 2.15. The Labute approximate surface area is 135 Å². The highest BCUT2D eigenvalue weighted by Crippen LogP contribution is 2.33. The fraction of sp³-hybridized carbons (Fsp3) is 0.158. The van der Waals surface area contributed by atoms with Crippen LogP contribution < -0.4 is 4.74 Å². The highest BCUT2D eigenvalue weighted by molar-refractivity contribution is 5.48. The van der Waals surface area contributed by atoms with E-state index in [-0.39, 0.29) is 11.8 Å². The van der Waals surface area contributed by atoms with E-state index in [1.165, 1.54) is 4.57 Å². The molecule has 1 heterocycles. The van der Waals surface area contributed by atoms with Crippen LogP contribution in [0.3, 0.4) is 0 Å². The maximum Gasteiger partial charge on any atom is 0.202 e. The third kappa shape index (κ3) is 3.01. The van der Waals surface area contributed by atoms with E-state index in [9.17, 15) is 10.2 Å². The molecule has 4 nitrogen and oxygen atoms in total. The lowest BCUT2D eigenvalue weighted by Crippen LogP contribution is -1.94. The maximum atomic E-state index is 10.5. The summed E-state index contributed by atoms with van der Waals surface area (Å²) < 4.78 is 6.58. The van der Waals surface area contributed by atoms with Gasteiger partial charge in [-0.3, -0.25) is 4.57 Å². The van der Waals surface area contributed by atoms with Crippen LogP contribution in [0.25, 0.3) is 5.69 Å². The summed E-state index contributed by atoms with van der Waals surface area (Å²) in [6.07, 6.45) is 0.530. The van der Waals surface area contributed by atoms with Gasteiger partial charge in [-0.05, 0) is 36.8 Å². The summed E-state index contributed by atoms with van der Waals surface area (Å²) in [4.78, 5) is 0. The van der Waals surface area contributed by atoms with E-state index >= 15 is 0 Å². The third-order valence-electron chi connectivity index (χ3n) is 3.88. The molecule has 0 saturated carbocycles. The first kappa shape index (κ1) is 15.0. The van der Waals surface area contributed by atoms with Crippen molar-refractivity contribution in [3.8, 4) is 23.2 Å². The van der Waals surface area contributed by atoms with Crippen molar-refractivity contribution in [2.75, 3.05) is 7.11 Å². The second-order valence-electron chi connectivity index (χ2n) is 5.55. The molecule has 118 valence electrons. The van der Waals surface area contributed by atoms with Crippen LogP contribution in [0.5, 0.6) is 17.5 Å². The van der Waals surface area contributed by atoms with E-state index in [0.717, 1.165) is 22.6 Å². The predicted octanol–water partition coefficient (Wildman–Crippen LogP) is 3.80. The lowest BCUT2D eigenvalue weighted by Gasteiger charge is -2.08. The third-order valence-corrected chi connectivity index (χ3v) is 3.88. The Morgan fingerprint density at radius 1 is 0.957 bits per heavy atom. The van der Waals surface area contributed by atoms with Gasteiger partial charge in [0, 0.05) is 18.1 Å². The minimum atomic E-state index is 0.0230. The largest absolute Gasteiger partial charge is 0.497 e. The number of hydrogen-bond donors (Lipinski definition) is 2. The molecule has 0 spiro atoms. The van der Waals surface area contributed by atoms with Crippen LogP contribution in [-0.4, -0.2) is 21.9 Å². The van der Waals surface area contributed by atoms with E-state index in [0.29, 0.717) is 12.0 Å². The SMILES string of the molecule is COc1ccc(Cc2cc(O)n(-c3ccc(C)cc3)c2O)cc1. The van der Waals surface area contributed by atoms with Gasteiger partial charge in [0.15, 0.2) is 5.88 Å². The van der Waals surface area contributed by atoms with Crippen LogP contribution in [0, 0.1) is 6.92 Å². The van der Waals surface area contributed by atoms with Crippen LogP contribution in [0.2, 0.25) is 0 Å². The van der Waals surface area contributed by atoms with Crippen molar-refractivity contribution in [1.29, 1.82) is 0 Å². The number of methoxy groups -OCH3 is 1. The number of aromatic hydroxyl groups is 2. The summed E-state index contributed by atoms with van der Waals surface area (Å²) in [5, 5.41) is 20.7. The topological polar surface area (TPSA) is 54.6 Å². The van der Waals surface area contributed by atoms with Crippen molar-refractivity contribution in [3.05, 3.63) is 71.3 Å². The molecule has 23 heavy (non-hydrogen) atoms. The summed E-state index contributed by atoms with van der Waals surface area (Å²) >= 11 is 0. The summed E-state index contributed by atoms with van der Waals surface area (Å²) in [7, 11) is 1.63. The van der Waals surface area contributed by atoms with Gasteiger partial charge in [0.25, 0.3) is 0 Å². The van der Waals surface area contributed by atoms with Gasteiger partial charge in [0.05, 0.1) is 12.8 Å². The Hall–Kier alpha value is -2.88. The Bertz CT molecular complexity index is 802. The number of ether oxygens (including phenoxy) is 1. The smallest absolute Gasteiger partial charge is 0.202 e. The standard InChI is InChI=1S/C19H19NO3/c1-13-3-7-16(8-4-13)20-18(21)12-15(19(20)22)11-14-5-9-17(23-2)10-6-14/h3-10,12,21-22H,11H2,1-2H3. The van der Waals surface area contributed by atoms with Crippen molar-refractivity contribution in [2.45, 2.75) is 13.3 Å². The average molecular weight is 309 g/mol. The molecule has 2 aromatic carbocycles.